The maximum absolute atomic E-state index is 8.39. The highest BCUT2D eigenvalue weighted by atomic mass is 16.3. The summed E-state index contributed by atoms with van der Waals surface area (Å²) in [5, 5.41) is 7.87. The van der Waals surface area contributed by atoms with Crippen LogP contribution in [-0.4, -0.2) is 57.3 Å². The number of aromatic nitrogens is 12. The number of fused-ring (bicyclic) bond motifs is 21. The molecule has 0 unspecified atom stereocenters. The van der Waals surface area contributed by atoms with Crippen LogP contribution in [0.5, 0.6) is 0 Å². The molecule has 13 aromatic heterocycles. The second-order valence-electron chi connectivity index (χ2n) is 23.4. The van der Waals surface area contributed by atoms with Crippen LogP contribution in [0.15, 0.2) is 272 Å². The van der Waals surface area contributed by atoms with E-state index >= 15 is 0 Å². The Kier molecular flexibility index (Phi) is 9.54. The summed E-state index contributed by atoms with van der Waals surface area (Å²) >= 11 is 0. The first-order valence-corrected chi connectivity index (χ1v) is 30.4. The number of hydrogen-bond acceptors (Lipinski definition) is 7. The third kappa shape index (κ3) is 6.31. The van der Waals surface area contributed by atoms with Gasteiger partial charge in [-0.25, -0.2) is 0 Å². The Morgan fingerprint density at radius 2 is 0.407 bits per heavy atom. The topological polar surface area (TPSA) is 120 Å². The molecule has 13 heteroatoms. The Morgan fingerprint density at radius 3 is 0.670 bits per heavy atom. The van der Waals surface area contributed by atoms with E-state index in [2.05, 4.69) is 222 Å². The zero-order chi connectivity index (χ0) is 59.2. The lowest BCUT2D eigenvalue weighted by Crippen LogP contribution is -2.10. The van der Waals surface area contributed by atoms with Crippen LogP contribution in [0.2, 0.25) is 0 Å². The van der Waals surface area contributed by atoms with Gasteiger partial charge in [0.2, 0.25) is 0 Å². The SMILES string of the molecule is c1ccc2c(c1)c1ncccc1n2-c1cc2c(oc3c(-n4c5ccccc5c5ncccc54)c(-n4c5ccccc5c5ncccc54)c(-n4c5ccccc5c5ncccc54)cc32)c(-n2c3ccccc3c3ncccc32)c1-n1c2ccccc2c2ncccc21. The molecule has 0 aliphatic carbocycles. The zero-order valence-corrected chi connectivity index (χ0v) is 48.2. The molecular weight excluding hydrogens is 1120 g/mol. The van der Waals surface area contributed by atoms with Crippen LogP contribution in [-0.2, 0) is 0 Å². The lowest BCUT2D eigenvalue weighted by molar-refractivity contribution is 0.663. The highest BCUT2D eigenvalue weighted by molar-refractivity contribution is 6.22. The molecule has 0 saturated carbocycles. The van der Waals surface area contributed by atoms with Gasteiger partial charge in [0.25, 0.3) is 0 Å². The highest BCUT2D eigenvalue weighted by Crippen LogP contribution is 2.52. The Hall–Kier alpha value is -12.7. The molecular formula is C78H44N12O. The summed E-state index contributed by atoms with van der Waals surface area (Å²) in [5.41, 5.74) is 23.2. The fourth-order valence-corrected chi connectivity index (χ4v) is 15.3. The first-order chi connectivity index (χ1) is 45.2. The number of nitrogens with zero attached hydrogens (tertiary/aromatic N) is 12. The van der Waals surface area contributed by atoms with Crippen LogP contribution in [0.1, 0.15) is 0 Å². The number of para-hydroxylation sites is 6. The number of rotatable bonds is 6. The Labute approximate surface area is 514 Å². The lowest BCUT2D eigenvalue weighted by Gasteiger charge is -2.22. The van der Waals surface area contributed by atoms with Gasteiger partial charge in [-0.1, -0.05) is 109 Å². The lowest BCUT2D eigenvalue weighted by atomic mass is 10.0. The monoisotopic (exact) mass is 1160 g/mol. The molecule has 0 saturated heterocycles. The first-order valence-electron chi connectivity index (χ1n) is 30.4. The van der Waals surface area contributed by atoms with Gasteiger partial charge in [0.1, 0.15) is 11.4 Å². The van der Waals surface area contributed by atoms with Gasteiger partial charge < -0.3 is 31.8 Å². The van der Waals surface area contributed by atoms with Gasteiger partial charge in [-0.3, -0.25) is 29.9 Å². The average Bonchev–Trinajstić information content (AvgIpc) is 1.55. The molecule has 13 heterocycles. The molecule has 0 amide bonds. The van der Waals surface area contributed by atoms with Crippen molar-refractivity contribution in [3.8, 4) is 34.1 Å². The van der Waals surface area contributed by atoms with Crippen molar-refractivity contribution in [3.05, 3.63) is 268 Å². The molecule has 0 aliphatic heterocycles. The molecule has 0 atom stereocenters. The van der Waals surface area contributed by atoms with E-state index < -0.39 is 0 Å². The molecule has 422 valence electrons. The van der Waals surface area contributed by atoms with E-state index in [0.29, 0.717) is 11.2 Å². The van der Waals surface area contributed by atoms with E-state index in [1.807, 2.05) is 73.6 Å². The van der Waals surface area contributed by atoms with Crippen molar-refractivity contribution in [1.82, 2.24) is 57.3 Å². The Balaban J connectivity index is 1.09. The molecule has 91 heavy (non-hydrogen) atoms. The summed E-state index contributed by atoms with van der Waals surface area (Å²) in [4.78, 5) is 31.1. The van der Waals surface area contributed by atoms with Crippen LogP contribution in [0.3, 0.4) is 0 Å². The van der Waals surface area contributed by atoms with Gasteiger partial charge >= 0.3 is 0 Å². The minimum absolute atomic E-state index is 0.657. The van der Waals surface area contributed by atoms with Gasteiger partial charge in [0.15, 0.2) is 11.2 Å². The van der Waals surface area contributed by atoms with Crippen molar-refractivity contribution in [2.75, 3.05) is 0 Å². The van der Waals surface area contributed by atoms with Crippen LogP contribution < -0.4 is 0 Å². The molecule has 0 bridgehead atoms. The fourth-order valence-electron chi connectivity index (χ4n) is 15.3. The van der Waals surface area contributed by atoms with Gasteiger partial charge in [0.05, 0.1) is 122 Å². The number of furan rings is 1. The van der Waals surface area contributed by atoms with E-state index in [4.69, 9.17) is 34.3 Å². The standard InChI is InChI=1S/C78H44N12O/c1-7-25-53-45(19-1)67-59(31-13-37-79-67)85(53)65-43-51-52-44-66(86-54-26-8-2-20-46(54)68-60(86)32-14-38-80-68)74(88-56-28-10-4-22-48(56)70-62(88)34-16-40-82-70)76(90-58-30-12-6-24-50(58)72-64(90)36-18-42-84-72)78(52)91-77(51)75(89-57-29-11-5-23-49(57)71-63(89)35-17-41-83-71)73(65)87-55-27-9-3-21-47(55)69-61(87)33-15-39-81-69/h1-44H. The highest BCUT2D eigenvalue weighted by Gasteiger charge is 2.34. The summed E-state index contributed by atoms with van der Waals surface area (Å²) < 4.78 is 22.8. The minimum atomic E-state index is 0.657. The normalized spacial score (nSPS) is 12.4. The molecule has 21 rings (SSSR count). The maximum atomic E-state index is 8.39. The summed E-state index contributed by atoms with van der Waals surface area (Å²) in [6.07, 6.45) is 11.3. The third-order valence-corrected chi connectivity index (χ3v) is 18.9. The molecule has 13 nitrogen and oxygen atoms in total. The van der Waals surface area contributed by atoms with Gasteiger partial charge in [-0.05, 0) is 121 Å². The quantitative estimate of drug-likeness (QED) is 0.163. The van der Waals surface area contributed by atoms with Crippen LogP contribution >= 0.6 is 0 Å². The van der Waals surface area contributed by atoms with E-state index in [-0.39, 0.29) is 0 Å². The number of hydrogen-bond donors (Lipinski definition) is 0. The maximum Gasteiger partial charge on any atom is 0.161 e. The molecule has 0 N–H and O–H groups in total. The van der Waals surface area contributed by atoms with Crippen molar-refractivity contribution < 1.29 is 4.42 Å². The van der Waals surface area contributed by atoms with Crippen molar-refractivity contribution in [2.24, 2.45) is 0 Å². The van der Waals surface area contributed by atoms with E-state index in [9.17, 15) is 0 Å². The average molecular weight is 1170 g/mol. The summed E-state index contributed by atoms with van der Waals surface area (Å²) in [6, 6.07) is 81.8. The van der Waals surface area contributed by atoms with E-state index in [1.54, 1.807) is 0 Å². The number of pyridine rings is 6. The van der Waals surface area contributed by atoms with Crippen molar-refractivity contribution in [3.63, 3.8) is 0 Å². The molecule has 21 aromatic rings. The smallest absolute Gasteiger partial charge is 0.161 e. The van der Waals surface area contributed by atoms with Gasteiger partial charge in [-0.15, -0.1) is 0 Å². The molecule has 0 radical (unpaired) electrons. The van der Waals surface area contributed by atoms with E-state index in [0.717, 1.165) is 177 Å². The summed E-state index contributed by atoms with van der Waals surface area (Å²) in [5.74, 6) is 0. The molecule has 0 aliphatic rings. The largest absolute Gasteiger partial charge is 0.451 e. The van der Waals surface area contributed by atoms with Crippen LogP contribution in [0.25, 0.3) is 188 Å². The van der Waals surface area contributed by atoms with Gasteiger partial charge in [-0.2, -0.15) is 0 Å². The predicted molar refractivity (Wildman–Crippen MR) is 367 cm³/mol. The van der Waals surface area contributed by atoms with Gasteiger partial charge in [0, 0.05) is 80.3 Å². The number of benzene rings is 8. The summed E-state index contributed by atoms with van der Waals surface area (Å²) in [6.45, 7) is 0. The Morgan fingerprint density at radius 1 is 0.198 bits per heavy atom. The molecule has 0 spiro atoms. The zero-order valence-electron chi connectivity index (χ0n) is 48.2. The van der Waals surface area contributed by atoms with Crippen molar-refractivity contribution >= 4 is 154 Å². The van der Waals surface area contributed by atoms with Crippen LogP contribution in [0.4, 0.5) is 0 Å². The van der Waals surface area contributed by atoms with Crippen molar-refractivity contribution in [1.29, 1.82) is 0 Å². The fraction of sp³-hybridized carbons (Fsp3) is 0. The summed E-state index contributed by atoms with van der Waals surface area (Å²) in [7, 11) is 0. The predicted octanol–water partition coefficient (Wildman–Crippen LogP) is 18.5. The first kappa shape index (κ1) is 48.4. The third-order valence-electron chi connectivity index (χ3n) is 18.9. The second-order valence-corrected chi connectivity index (χ2v) is 23.4. The van der Waals surface area contributed by atoms with Crippen LogP contribution in [0, 0.1) is 0 Å². The molecule has 8 aromatic carbocycles. The molecule has 0 fully saturated rings. The Bertz CT molecular complexity index is 6020. The second kappa shape index (κ2) is 17.9. The van der Waals surface area contributed by atoms with Crippen molar-refractivity contribution in [2.45, 2.75) is 0 Å². The minimum Gasteiger partial charge on any atom is -0.451 e. The van der Waals surface area contributed by atoms with E-state index in [1.165, 1.54) is 0 Å².